The van der Waals surface area contributed by atoms with E-state index in [1.807, 2.05) is 24.3 Å². The Labute approximate surface area is 149 Å². The molecule has 3 rings (SSSR count). The van der Waals surface area contributed by atoms with Gasteiger partial charge in [-0.05, 0) is 30.5 Å². The molecule has 0 radical (unpaired) electrons. The second kappa shape index (κ2) is 7.79. The highest BCUT2D eigenvalue weighted by molar-refractivity contribution is 7.89. The van der Waals surface area contributed by atoms with E-state index in [0.717, 1.165) is 32.5 Å². The number of likely N-dealkylation sites (tertiary alicyclic amines) is 1. The normalized spacial score (nSPS) is 16.4. The third-order valence-electron chi connectivity index (χ3n) is 4.46. The van der Waals surface area contributed by atoms with Crippen LogP contribution in [0, 0.1) is 11.3 Å². The lowest BCUT2D eigenvalue weighted by atomic mass is 10.1. The predicted octanol–water partition coefficient (Wildman–Crippen LogP) is 2.50. The van der Waals surface area contributed by atoms with Crippen LogP contribution < -0.4 is 4.72 Å². The number of hydrogen-bond acceptors (Lipinski definition) is 4. The zero-order chi connectivity index (χ0) is 17.7. The Morgan fingerprint density at radius 1 is 1.04 bits per heavy atom. The van der Waals surface area contributed by atoms with Gasteiger partial charge in [-0.15, -0.1) is 0 Å². The Hall–Kier alpha value is -2.20. The van der Waals surface area contributed by atoms with E-state index in [0.29, 0.717) is 0 Å². The predicted molar refractivity (Wildman–Crippen MR) is 96.2 cm³/mol. The van der Waals surface area contributed by atoms with Crippen LogP contribution in [0.5, 0.6) is 0 Å². The molecule has 1 fully saturated rings. The molecule has 1 heterocycles. The smallest absolute Gasteiger partial charge is 0.242 e. The van der Waals surface area contributed by atoms with Crippen LogP contribution in [0.25, 0.3) is 0 Å². The van der Waals surface area contributed by atoms with Crippen LogP contribution in [0.4, 0.5) is 0 Å². The van der Waals surface area contributed by atoms with Crippen molar-refractivity contribution in [2.24, 2.45) is 0 Å². The Morgan fingerprint density at radius 3 is 2.36 bits per heavy atom. The maximum absolute atomic E-state index is 12.6. The van der Waals surface area contributed by atoms with Gasteiger partial charge in [0.15, 0.2) is 0 Å². The monoisotopic (exact) mass is 355 g/mol. The first-order valence-electron chi connectivity index (χ1n) is 8.36. The summed E-state index contributed by atoms with van der Waals surface area (Å²) in [6.07, 6.45) is 1.53. The lowest BCUT2D eigenvalue weighted by molar-refractivity contribution is 0.200. The van der Waals surface area contributed by atoms with Crippen LogP contribution in [0.3, 0.4) is 0 Å². The second-order valence-electron chi connectivity index (χ2n) is 6.27. The summed E-state index contributed by atoms with van der Waals surface area (Å²) >= 11 is 0. The van der Waals surface area contributed by atoms with Crippen molar-refractivity contribution in [2.45, 2.75) is 30.3 Å². The molecular formula is C19H21N3O2S. The minimum absolute atomic E-state index is 0.0595. The molecule has 0 aliphatic carbocycles. The molecule has 0 saturated carbocycles. The van der Waals surface area contributed by atoms with Gasteiger partial charge in [0.25, 0.3) is 0 Å². The molecule has 1 aliphatic heterocycles. The Bertz CT molecular complexity index is 852. The highest BCUT2D eigenvalue weighted by atomic mass is 32.2. The first kappa shape index (κ1) is 17.6. The summed E-state index contributed by atoms with van der Waals surface area (Å²) in [4.78, 5) is 2.40. The van der Waals surface area contributed by atoms with Crippen molar-refractivity contribution in [1.29, 1.82) is 5.26 Å². The van der Waals surface area contributed by atoms with Gasteiger partial charge in [-0.25, -0.2) is 13.1 Å². The fourth-order valence-corrected chi connectivity index (χ4v) is 4.59. The minimum atomic E-state index is -3.67. The van der Waals surface area contributed by atoms with Crippen LogP contribution in [0.15, 0.2) is 59.5 Å². The zero-order valence-electron chi connectivity index (χ0n) is 13.9. The van der Waals surface area contributed by atoms with Gasteiger partial charge >= 0.3 is 0 Å². The van der Waals surface area contributed by atoms with E-state index in [1.165, 1.54) is 17.7 Å². The summed E-state index contributed by atoms with van der Waals surface area (Å²) in [5.74, 6) is 0. The van der Waals surface area contributed by atoms with Crippen molar-refractivity contribution in [3.8, 4) is 6.07 Å². The molecule has 6 heteroatoms. The first-order chi connectivity index (χ1) is 12.1. The Morgan fingerprint density at radius 2 is 1.68 bits per heavy atom. The van der Waals surface area contributed by atoms with Crippen molar-refractivity contribution < 1.29 is 8.42 Å². The van der Waals surface area contributed by atoms with Gasteiger partial charge in [0, 0.05) is 25.7 Å². The Balaban J connectivity index is 1.59. The molecule has 2 aromatic rings. The minimum Gasteiger partial charge on any atom is -0.299 e. The van der Waals surface area contributed by atoms with Crippen LogP contribution in [-0.4, -0.2) is 32.4 Å². The molecular weight excluding hydrogens is 334 g/mol. The van der Waals surface area contributed by atoms with Gasteiger partial charge in [-0.2, -0.15) is 5.26 Å². The average Bonchev–Trinajstić information content (AvgIpc) is 2.64. The van der Waals surface area contributed by atoms with Crippen molar-refractivity contribution in [1.82, 2.24) is 9.62 Å². The number of rotatable bonds is 5. The van der Waals surface area contributed by atoms with Crippen molar-refractivity contribution in [3.05, 3.63) is 65.7 Å². The second-order valence-corrected chi connectivity index (χ2v) is 7.95. The molecule has 1 aliphatic rings. The summed E-state index contributed by atoms with van der Waals surface area (Å²) < 4.78 is 27.9. The van der Waals surface area contributed by atoms with Crippen LogP contribution in [0.2, 0.25) is 0 Å². The molecule has 0 bridgehead atoms. The van der Waals surface area contributed by atoms with E-state index in [1.54, 1.807) is 12.1 Å². The van der Waals surface area contributed by atoms with E-state index in [-0.39, 0.29) is 16.5 Å². The van der Waals surface area contributed by atoms with Gasteiger partial charge in [0.1, 0.15) is 6.07 Å². The molecule has 130 valence electrons. The van der Waals surface area contributed by atoms with E-state index < -0.39 is 10.0 Å². The van der Waals surface area contributed by atoms with Crippen LogP contribution in [-0.2, 0) is 16.6 Å². The third-order valence-corrected chi connectivity index (χ3v) is 6.03. The largest absolute Gasteiger partial charge is 0.299 e. The first-order valence-corrected chi connectivity index (χ1v) is 9.84. The number of nitriles is 1. The lowest BCUT2D eigenvalue weighted by Crippen LogP contribution is -2.44. The molecule has 0 spiro atoms. The molecule has 0 amide bonds. The summed E-state index contributed by atoms with van der Waals surface area (Å²) in [6, 6.07) is 18.4. The number of piperidine rings is 1. The van der Waals surface area contributed by atoms with Gasteiger partial charge < -0.3 is 0 Å². The maximum Gasteiger partial charge on any atom is 0.242 e. The molecule has 5 nitrogen and oxygen atoms in total. The van der Waals surface area contributed by atoms with Crippen molar-refractivity contribution in [2.75, 3.05) is 13.1 Å². The van der Waals surface area contributed by atoms with E-state index in [4.69, 9.17) is 5.26 Å². The SMILES string of the molecule is N#Cc1ccccc1S(=O)(=O)NC1CCN(Cc2ccccc2)CC1. The summed E-state index contributed by atoms with van der Waals surface area (Å²) in [6.45, 7) is 2.58. The fraction of sp³-hybridized carbons (Fsp3) is 0.316. The molecule has 0 unspecified atom stereocenters. The molecule has 25 heavy (non-hydrogen) atoms. The quantitative estimate of drug-likeness (QED) is 0.894. The molecule has 0 aromatic heterocycles. The third kappa shape index (κ3) is 4.45. The summed E-state index contributed by atoms with van der Waals surface area (Å²) in [7, 11) is -3.67. The fourth-order valence-electron chi connectivity index (χ4n) is 3.13. The number of benzene rings is 2. The number of hydrogen-bond donors (Lipinski definition) is 1. The zero-order valence-corrected chi connectivity index (χ0v) is 14.7. The van der Waals surface area contributed by atoms with Crippen LogP contribution >= 0.6 is 0 Å². The standard InChI is InChI=1S/C19H21N3O2S/c20-14-17-8-4-5-9-19(17)25(23,24)21-18-10-12-22(13-11-18)15-16-6-2-1-3-7-16/h1-9,18,21H,10-13,15H2. The number of nitrogens with zero attached hydrogens (tertiary/aromatic N) is 2. The maximum atomic E-state index is 12.6. The highest BCUT2D eigenvalue weighted by Gasteiger charge is 2.26. The van der Waals surface area contributed by atoms with Crippen molar-refractivity contribution in [3.63, 3.8) is 0 Å². The van der Waals surface area contributed by atoms with Gasteiger partial charge in [-0.3, -0.25) is 4.90 Å². The lowest BCUT2D eigenvalue weighted by Gasteiger charge is -2.32. The number of nitrogens with one attached hydrogen (secondary N) is 1. The topological polar surface area (TPSA) is 73.2 Å². The molecule has 1 saturated heterocycles. The van der Waals surface area contributed by atoms with Crippen LogP contribution in [0.1, 0.15) is 24.0 Å². The van der Waals surface area contributed by atoms with E-state index >= 15 is 0 Å². The summed E-state index contributed by atoms with van der Waals surface area (Å²) in [5.41, 5.74) is 1.45. The summed E-state index contributed by atoms with van der Waals surface area (Å²) in [5, 5.41) is 9.11. The molecule has 1 N–H and O–H groups in total. The van der Waals surface area contributed by atoms with E-state index in [9.17, 15) is 8.42 Å². The molecule has 0 atom stereocenters. The van der Waals surface area contributed by atoms with Gasteiger partial charge in [-0.1, -0.05) is 42.5 Å². The average molecular weight is 355 g/mol. The Kier molecular flexibility index (Phi) is 5.49. The van der Waals surface area contributed by atoms with E-state index in [2.05, 4.69) is 21.8 Å². The van der Waals surface area contributed by atoms with Crippen molar-refractivity contribution >= 4 is 10.0 Å². The highest BCUT2D eigenvalue weighted by Crippen LogP contribution is 2.19. The molecule has 2 aromatic carbocycles. The van der Waals surface area contributed by atoms with Gasteiger partial charge in [0.2, 0.25) is 10.0 Å². The van der Waals surface area contributed by atoms with Gasteiger partial charge in [0.05, 0.1) is 10.5 Å². The number of sulfonamides is 1.